The molecule has 5 nitrogen and oxygen atoms in total. The van der Waals surface area contributed by atoms with Crippen molar-refractivity contribution in [1.29, 1.82) is 0 Å². The number of nitrogens with one attached hydrogen (secondary N) is 2. The first kappa shape index (κ1) is 16.6. The van der Waals surface area contributed by atoms with E-state index < -0.39 is 0 Å². The molecule has 1 aromatic carbocycles. The number of H-pyrrole nitrogens is 1. The Morgan fingerprint density at radius 2 is 2.00 bits per heavy atom. The van der Waals surface area contributed by atoms with Gasteiger partial charge in [0.2, 0.25) is 11.8 Å². The summed E-state index contributed by atoms with van der Waals surface area (Å²) < 4.78 is 0. The van der Waals surface area contributed by atoms with E-state index in [-0.39, 0.29) is 18.2 Å². The Bertz CT molecular complexity index is 714. The summed E-state index contributed by atoms with van der Waals surface area (Å²) in [6.45, 7) is 4.31. The number of likely N-dealkylation sites (tertiary alicyclic amines) is 1. The maximum atomic E-state index is 12.1. The van der Waals surface area contributed by atoms with Gasteiger partial charge < -0.3 is 15.2 Å². The molecule has 2 heterocycles. The number of rotatable bonds is 5. The van der Waals surface area contributed by atoms with Gasteiger partial charge in [0.05, 0.1) is 0 Å². The number of carbonyl (C=O) groups excluding carboxylic acids is 2. The van der Waals surface area contributed by atoms with Gasteiger partial charge in [-0.25, -0.2) is 0 Å². The van der Waals surface area contributed by atoms with E-state index in [0.717, 1.165) is 37.9 Å². The van der Waals surface area contributed by atoms with Crippen LogP contribution in [0.1, 0.15) is 31.7 Å². The van der Waals surface area contributed by atoms with E-state index in [1.54, 1.807) is 0 Å². The van der Waals surface area contributed by atoms with Gasteiger partial charge in [0.15, 0.2) is 0 Å². The molecule has 3 rings (SSSR count). The Kier molecular flexibility index (Phi) is 5.18. The van der Waals surface area contributed by atoms with Crippen molar-refractivity contribution in [3.05, 3.63) is 36.0 Å². The topological polar surface area (TPSA) is 65.2 Å². The Balaban J connectivity index is 1.43. The third-order valence-corrected chi connectivity index (χ3v) is 4.84. The van der Waals surface area contributed by atoms with Crippen molar-refractivity contribution in [2.24, 2.45) is 5.92 Å². The molecule has 0 saturated carbocycles. The average molecular weight is 327 g/mol. The quantitative estimate of drug-likeness (QED) is 0.829. The molecule has 1 aliphatic rings. The van der Waals surface area contributed by atoms with Crippen LogP contribution in [-0.2, 0) is 16.0 Å². The van der Waals surface area contributed by atoms with Gasteiger partial charge in [0.1, 0.15) is 6.42 Å². The fraction of sp³-hybridized carbons (Fsp3) is 0.474. The summed E-state index contributed by atoms with van der Waals surface area (Å²) in [7, 11) is 0. The lowest BCUT2D eigenvalue weighted by Crippen LogP contribution is -2.40. The molecule has 0 unspecified atom stereocenters. The van der Waals surface area contributed by atoms with E-state index in [1.807, 2.05) is 29.3 Å². The third-order valence-electron chi connectivity index (χ3n) is 4.84. The average Bonchev–Trinajstić information content (AvgIpc) is 2.99. The molecule has 1 aromatic heterocycles. The molecule has 0 radical (unpaired) electrons. The van der Waals surface area contributed by atoms with E-state index in [9.17, 15) is 9.59 Å². The van der Waals surface area contributed by atoms with Gasteiger partial charge in [-0.15, -0.1) is 0 Å². The molecule has 2 amide bonds. The van der Waals surface area contributed by atoms with Crippen molar-refractivity contribution in [3.8, 4) is 0 Å². The predicted octanol–water partition coefficient (Wildman–Crippen LogP) is 2.48. The molecule has 0 spiro atoms. The summed E-state index contributed by atoms with van der Waals surface area (Å²) >= 11 is 0. The fourth-order valence-corrected chi connectivity index (χ4v) is 3.24. The second kappa shape index (κ2) is 7.51. The van der Waals surface area contributed by atoms with E-state index >= 15 is 0 Å². The minimum Gasteiger partial charge on any atom is -0.361 e. The van der Waals surface area contributed by atoms with Gasteiger partial charge in [-0.2, -0.15) is 0 Å². The van der Waals surface area contributed by atoms with E-state index in [1.165, 1.54) is 10.9 Å². The van der Waals surface area contributed by atoms with Crippen LogP contribution >= 0.6 is 0 Å². The van der Waals surface area contributed by atoms with Crippen molar-refractivity contribution in [2.75, 3.05) is 19.6 Å². The van der Waals surface area contributed by atoms with Crippen LogP contribution in [0.2, 0.25) is 0 Å². The number of fused-ring (bicyclic) bond motifs is 1. The van der Waals surface area contributed by atoms with Gasteiger partial charge in [-0.3, -0.25) is 9.59 Å². The lowest BCUT2D eigenvalue weighted by molar-refractivity contribution is -0.137. The molecule has 1 saturated heterocycles. The largest absolute Gasteiger partial charge is 0.361 e. The van der Waals surface area contributed by atoms with Gasteiger partial charge in [0, 0.05) is 36.7 Å². The normalized spacial score (nSPS) is 15.6. The van der Waals surface area contributed by atoms with Crippen molar-refractivity contribution in [2.45, 2.75) is 32.6 Å². The highest BCUT2D eigenvalue weighted by Crippen LogP contribution is 2.18. The van der Waals surface area contributed by atoms with E-state index in [4.69, 9.17) is 0 Å². The number of para-hydroxylation sites is 1. The number of amides is 2. The van der Waals surface area contributed by atoms with Crippen LogP contribution in [0.3, 0.4) is 0 Å². The molecule has 5 heteroatoms. The summed E-state index contributed by atoms with van der Waals surface area (Å²) in [5.74, 6) is 0.448. The summed E-state index contributed by atoms with van der Waals surface area (Å²) in [6.07, 6.45) is 4.77. The maximum absolute atomic E-state index is 12.1. The highest BCUT2D eigenvalue weighted by molar-refractivity contribution is 5.96. The highest BCUT2D eigenvalue weighted by Gasteiger charge is 2.21. The Morgan fingerprint density at radius 1 is 1.25 bits per heavy atom. The summed E-state index contributed by atoms with van der Waals surface area (Å²) in [5.41, 5.74) is 2.29. The van der Waals surface area contributed by atoms with Crippen LogP contribution < -0.4 is 5.32 Å². The number of piperidine rings is 1. The Morgan fingerprint density at radius 3 is 2.79 bits per heavy atom. The van der Waals surface area contributed by atoms with Gasteiger partial charge in [0.25, 0.3) is 0 Å². The Hall–Kier alpha value is -2.30. The molecule has 24 heavy (non-hydrogen) atoms. The minimum absolute atomic E-state index is 0.0394. The van der Waals surface area contributed by atoms with Gasteiger partial charge in [-0.05, 0) is 36.8 Å². The zero-order chi connectivity index (χ0) is 16.9. The lowest BCUT2D eigenvalue weighted by atomic mass is 9.99. The molecule has 0 atom stereocenters. The molecule has 1 aliphatic heterocycles. The zero-order valence-electron chi connectivity index (χ0n) is 14.2. The number of aromatic nitrogens is 1. The maximum Gasteiger partial charge on any atom is 0.232 e. The fourth-order valence-electron chi connectivity index (χ4n) is 3.24. The smallest absolute Gasteiger partial charge is 0.232 e. The molecule has 0 bridgehead atoms. The first-order valence-corrected chi connectivity index (χ1v) is 8.73. The highest BCUT2D eigenvalue weighted by atomic mass is 16.2. The van der Waals surface area contributed by atoms with E-state index in [2.05, 4.69) is 23.3 Å². The standard InChI is InChI=1S/C19H25N3O2/c1-14-7-10-22(11-8-14)19(24)12-18(23)20-9-6-15-13-21-17-5-3-2-4-16(15)17/h2-5,13-14,21H,6-12H2,1H3,(H,20,23). The van der Waals surface area contributed by atoms with Gasteiger partial charge >= 0.3 is 0 Å². The van der Waals surface area contributed by atoms with Crippen molar-refractivity contribution in [3.63, 3.8) is 0 Å². The molecular weight excluding hydrogens is 302 g/mol. The van der Waals surface area contributed by atoms with E-state index in [0.29, 0.717) is 12.5 Å². The zero-order valence-corrected chi connectivity index (χ0v) is 14.2. The van der Waals surface area contributed by atoms with Crippen LogP contribution in [0, 0.1) is 5.92 Å². The SMILES string of the molecule is CC1CCN(C(=O)CC(=O)NCCc2c[nH]c3ccccc23)CC1. The van der Waals surface area contributed by atoms with Crippen LogP contribution in [0.15, 0.2) is 30.5 Å². The van der Waals surface area contributed by atoms with Crippen molar-refractivity contribution < 1.29 is 9.59 Å². The second-order valence-electron chi connectivity index (χ2n) is 6.70. The molecule has 2 N–H and O–H groups in total. The molecule has 2 aromatic rings. The minimum atomic E-state index is -0.182. The summed E-state index contributed by atoms with van der Waals surface area (Å²) in [5, 5.41) is 4.05. The first-order valence-electron chi connectivity index (χ1n) is 8.73. The molecule has 128 valence electrons. The summed E-state index contributed by atoms with van der Waals surface area (Å²) in [4.78, 5) is 29.2. The number of hydrogen-bond donors (Lipinski definition) is 2. The van der Waals surface area contributed by atoms with Crippen molar-refractivity contribution in [1.82, 2.24) is 15.2 Å². The van der Waals surface area contributed by atoms with Crippen LogP contribution in [-0.4, -0.2) is 41.3 Å². The molecular formula is C19H25N3O2. The number of benzene rings is 1. The second-order valence-corrected chi connectivity index (χ2v) is 6.70. The third kappa shape index (κ3) is 3.96. The number of nitrogens with zero attached hydrogens (tertiary/aromatic N) is 1. The van der Waals surface area contributed by atoms with Gasteiger partial charge in [-0.1, -0.05) is 25.1 Å². The summed E-state index contributed by atoms with van der Waals surface area (Å²) in [6, 6.07) is 8.12. The van der Waals surface area contributed by atoms with Crippen LogP contribution in [0.4, 0.5) is 0 Å². The predicted molar refractivity (Wildman–Crippen MR) is 94.6 cm³/mol. The van der Waals surface area contributed by atoms with Crippen LogP contribution in [0.5, 0.6) is 0 Å². The number of hydrogen-bond acceptors (Lipinski definition) is 2. The molecule has 0 aliphatic carbocycles. The Labute approximate surface area is 142 Å². The number of aromatic amines is 1. The van der Waals surface area contributed by atoms with Crippen molar-refractivity contribution >= 4 is 22.7 Å². The molecule has 1 fully saturated rings. The lowest BCUT2D eigenvalue weighted by Gasteiger charge is -2.30. The monoisotopic (exact) mass is 327 g/mol. The first-order chi connectivity index (χ1) is 11.6. The van der Waals surface area contributed by atoms with Crippen LogP contribution in [0.25, 0.3) is 10.9 Å². The number of carbonyl (C=O) groups is 2.